The van der Waals surface area contributed by atoms with Crippen LogP contribution in [0.15, 0.2) is 22.7 Å². The molecule has 84 valence electrons. The SMILES string of the molecule is Cc1cccc(C2C(=O)NC(=O)C2Br)c1Br. The third kappa shape index (κ3) is 1.82. The van der Waals surface area contributed by atoms with Gasteiger partial charge in [0.15, 0.2) is 0 Å². The lowest BCUT2D eigenvalue weighted by atomic mass is 9.96. The van der Waals surface area contributed by atoms with Gasteiger partial charge in [0.25, 0.3) is 0 Å². The van der Waals surface area contributed by atoms with E-state index in [-0.39, 0.29) is 11.8 Å². The van der Waals surface area contributed by atoms with Crippen LogP contribution in [0.25, 0.3) is 0 Å². The van der Waals surface area contributed by atoms with Crippen molar-refractivity contribution in [2.24, 2.45) is 0 Å². The zero-order valence-electron chi connectivity index (χ0n) is 8.46. The second-order valence-electron chi connectivity index (χ2n) is 3.71. The predicted molar refractivity (Wildman–Crippen MR) is 67.5 cm³/mol. The van der Waals surface area contributed by atoms with Crippen LogP contribution in [0.2, 0.25) is 0 Å². The Morgan fingerprint density at radius 1 is 1.25 bits per heavy atom. The highest BCUT2D eigenvalue weighted by atomic mass is 79.9. The number of hydrogen-bond acceptors (Lipinski definition) is 2. The van der Waals surface area contributed by atoms with Crippen molar-refractivity contribution in [3.63, 3.8) is 0 Å². The topological polar surface area (TPSA) is 46.2 Å². The van der Waals surface area contributed by atoms with E-state index in [1.54, 1.807) is 0 Å². The molecular formula is C11H9Br2NO2. The largest absolute Gasteiger partial charge is 0.295 e. The highest BCUT2D eigenvalue weighted by Crippen LogP contribution is 2.35. The molecule has 0 saturated carbocycles. The minimum atomic E-state index is -0.488. The normalized spacial score (nSPS) is 24.7. The Bertz CT molecular complexity index is 473. The molecule has 5 heteroatoms. The van der Waals surface area contributed by atoms with Crippen molar-refractivity contribution >= 4 is 43.7 Å². The van der Waals surface area contributed by atoms with E-state index in [2.05, 4.69) is 37.2 Å². The van der Waals surface area contributed by atoms with Crippen LogP contribution in [-0.2, 0) is 9.59 Å². The number of carbonyl (C=O) groups is 2. The summed E-state index contributed by atoms with van der Waals surface area (Å²) in [6.45, 7) is 1.95. The lowest BCUT2D eigenvalue weighted by molar-refractivity contribution is -0.125. The quantitative estimate of drug-likeness (QED) is 0.626. The number of halogens is 2. The second kappa shape index (κ2) is 4.30. The number of carbonyl (C=O) groups excluding carboxylic acids is 2. The lowest BCUT2D eigenvalue weighted by Crippen LogP contribution is -2.22. The number of rotatable bonds is 1. The zero-order chi connectivity index (χ0) is 11.9. The third-order valence-corrected chi connectivity index (χ3v) is 4.66. The van der Waals surface area contributed by atoms with Gasteiger partial charge in [0, 0.05) is 4.47 Å². The molecule has 0 aliphatic carbocycles. The number of benzene rings is 1. The van der Waals surface area contributed by atoms with Crippen LogP contribution in [-0.4, -0.2) is 16.6 Å². The summed E-state index contributed by atoms with van der Waals surface area (Å²) in [5, 5.41) is 2.32. The predicted octanol–water partition coefficient (Wildman–Crippen LogP) is 2.26. The number of aryl methyl sites for hydroxylation is 1. The molecule has 1 aromatic carbocycles. The zero-order valence-corrected chi connectivity index (χ0v) is 11.6. The van der Waals surface area contributed by atoms with E-state index in [9.17, 15) is 9.59 Å². The average Bonchev–Trinajstić information content (AvgIpc) is 2.47. The van der Waals surface area contributed by atoms with Crippen LogP contribution in [0, 0.1) is 6.92 Å². The Morgan fingerprint density at radius 3 is 2.50 bits per heavy atom. The molecule has 0 spiro atoms. The molecule has 1 fully saturated rings. The van der Waals surface area contributed by atoms with Crippen molar-refractivity contribution in [2.75, 3.05) is 0 Å². The highest BCUT2D eigenvalue weighted by molar-refractivity contribution is 9.10. The van der Waals surface area contributed by atoms with E-state index >= 15 is 0 Å². The molecule has 1 aliphatic heterocycles. The average molecular weight is 347 g/mol. The molecule has 0 aromatic heterocycles. The van der Waals surface area contributed by atoms with Gasteiger partial charge < -0.3 is 0 Å². The van der Waals surface area contributed by atoms with E-state index in [0.29, 0.717) is 0 Å². The molecule has 2 unspecified atom stereocenters. The van der Waals surface area contributed by atoms with Gasteiger partial charge in [-0.2, -0.15) is 0 Å². The van der Waals surface area contributed by atoms with Gasteiger partial charge >= 0.3 is 0 Å². The summed E-state index contributed by atoms with van der Waals surface area (Å²) < 4.78 is 0.884. The van der Waals surface area contributed by atoms with Crippen LogP contribution in [0.3, 0.4) is 0 Å². The molecule has 3 nitrogen and oxygen atoms in total. The Hall–Kier alpha value is -0.680. The Balaban J connectivity index is 2.48. The monoisotopic (exact) mass is 345 g/mol. The fourth-order valence-corrected chi connectivity index (χ4v) is 2.91. The van der Waals surface area contributed by atoms with Crippen molar-refractivity contribution in [3.8, 4) is 0 Å². The van der Waals surface area contributed by atoms with Gasteiger partial charge in [0.05, 0.1) is 5.92 Å². The van der Waals surface area contributed by atoms with E-state index in [1.807, 2.05) is 25.1 Å². The number of alkyl halides is 1. The van der Waals surface area contributed by atoms with Gasteiger partial charge in [-0.3, -0.25) is 14.9 Å². The van der Waals surface area contributed by atoms with Crippen molar-refractivity contribution < 1.29 is 9.59 Å². The van der Waals surface area contributed by atoms with Gasteiger partial charge in [-0.1, -0.05) is 50.1 Å². The number of nitrogens with one attached hydrogen (secondary N) is 1. The first-order valence-corrected chi connectivity index (χ1v) is 6.47. The van der Waals surface area contributed by atoms with Crippen LogP contribution in [0.5, 0.6) is 0 Å². The van der Waals surface area contributed by atoms with Crippen molar-refractivity contribution in [1.29, 1.82) is 0 Å². The third-order valence-electron chi connectivity index (χ3n) is 2.63. The molecule has 0 radical (unpaired) electrons. The fraction of sp³-hybridized carbons (Fsp3) is 0.273. The molecule has 2 amide bonds. The van der Waals surface area contributed by atoms with Crippen LogP contribution in [0.4, 0.5) is 0 Å². The first kappa shape index (κ1) is 11.8. The van der Waals surface area contributed by atoms with Gasteiger partial charge in [-0.05, 0) is 18.1 Å². The number of hydrogen-bond donors (Lipinski definition) is 1. The summed E-state index contributed by atoms with van der Waals surface area (Å²) in [6.07, 6.45) is 0. The van der Waals surface area contributed by atoms with Crippen molar-refractivity contribution in [1.82, 2.24) is 5.32 Å². The van der Waals surface area contributed by atoms with Crippen LogP contribution in [0.1, 0.15) is 17.0 Å². The molecule has 1 heterocycles. The molecule has 0 bridgehead atoms. The van der Waals surface area contributed by atoms with Crippen LogP contribution >= 0.6 is 31.9 Å². The highest BCUT2D eigenvalue weighted by Gasteiger charge is 2.41. The van der Waals surface area contributed by atoms with Crippen LogP contribution < -0.4 is 5.32 Å². The minimum Gasteiger partial charge on any atom is -0.295 e. The first-order chi connectivity index (χ1) is 7.52. The van der Waals surface area contributed by atoms with E-state index in [4.69, 9.17) is 0 Å². The first-order valence-electron chi connectivity index (χ1n) is 4.76. The summed E-state index contributed by atoms with van der Waals surface area (Å²) in [5.74, 6) is -0.983. The molecule has 1 aliphatic rings. The summed E-state index contributed by atoms with van der Waals surface area (Å²) in [5.41, 5.74) is 1.88. The van der Waals surface area contributed by atoms with Crippen molar-refractivity contribution in [2.45, 2.75) is 17.7 Å². The smallest absolute Gasteiger partial charge is 0.241 e. The molecule has 2 rings (SSSR count). The van der Waals surface area contributed by atoms with E-state index < -0.39 is 10.7 Å². The molecule has 2 atom stereocenters. The summed E-state index contributed by atoms with van der Waals surface area (Å²) >= 11 is 6.71. The Morgan fingerprint density at radius 2 is 1.94 bits per heavy atom. The van der Waals surface area contributed by atoms with E-state index in [1.165, 1.54) is 0 Å². The van der Waals surface area contributed by atoms with E-state index in [0.717, 1.165) is 15.6 Å². The molecular weight excluding hydrogens is 338 g/mol. The van der Waals surface area contributed by atoms with Gasteiger partial charge in [-0.15, -0.1) is 0 Å². The maximum atomic E-state index is 11.7. The maximum absolute atomic E-state index is 11.7. The Labute approximate surface area is 110 Å². The Kier molecular flexibility index (Phi) is 3.17. The van der Waals surface area contributed by atoms with Gasteiger partial charge in [0.1, 0.15) is 4.83 Å². The van der Waals surface area contributed by atoms with Crippen molar-refractivity contribution in [3.05, 3.63) is 33.8 Å². The molecule has 1 saturated heterocycles. The standard InChI is InChI=1S/C11H9Br2NO2/c1-5-3-2-4-6(8(5)12)7-9(13)11(16)14-10(7)15/h2-4,7,9H,1H3,(H,14,15,16). The lowest BCUT2D eigenvalue weighted by Gasteiger charge is -2.13. The fourth-order valence-electron chi connectivity index (χ4n) is 1.76. The summed E-state index contributed by atoms with van der Waals surface area (Å²) in [7, 11) is 0. The molecule has 1 N–H and O–H groups in total. The van der Waals surface area contributed by atoms with Gasteiger partial charge in [-0.25, -0.2) is 0 Å². The second-order valence-corrected chi connectivity index (χ2v) is 5.49. The number of amides is 2. The summed E-state index contributed by atoms with van der Waals surface area (Å²) in [4.78, 5) is 22.6. The minimum absolute atomic E-state index is 0.252. The number of imide groups is 1. The summed E-state index contributed by atoms with van der Waals surface area (Å²) in [6, 6.07) is 5.69. The molecule has 1 aromatic rings. The van der Waals surface area contributed by atoms with Gasteiger partial charge in [0.2, 0.25) is 11.8 Å². The molecule has 16 heavy (non-hydrogen) atoms. The maximum Gasteiger partial charge on any atom is 0.241 e.